The summed E-state index contributed by atoms with van der Waals surface area (Å²) in [7, 11) is 2.00. The highest BCUT2D eigenvalue weighted by molar-refractivity contribution is 7.09. The molecule has 0 aliphatic carbocycles. The molecule has 0 aromatic carbocycles. The Morgan fingerprint density at radius 1 is 1.53 bits per heavy atom. The second-order valence-corrected chi connectivity index (χ2v) is 4.59. The normalized spacial score (nSPS) is 21.9. The van der Waals surface area contributed by atoms with Crippen molar-refractivity contribution in [3.8, 4) is 0 Å². The van der Waals surface area contributed by atoms with Crippen LogP contribution in [0, 0.1) is 0 Å². The number of hydrogen-bond donors (Lipinski definition) is 1. The van der Waals surface area contributed by atoms with E-state index in [-0.39, 0.29) is 0 Å². The van der Waals surface area contributed by atoms with Crippen molar-refractivity contribution in [3.63, 3.8) is 0 Å². The van der Waals surface area contributed by atoms with Gasteiger partial charge in [-0.05, 0) is 44.5 Å². The third-order valence-electron chi connectivity index (χ3n) is 2.89. The molecule has 1 aromatic heterocycles. The molecular weight excluding hydrogens is 210 g/mol. The summed E-state index contributed by atoms with van der Waals surface area (Å²) in [6, 6.07) is 0.612. The van der Waals surface area contributed by atoms with E-state index < -0.39 is 0 Å². The molecule has 1 aliphatic heterocycles. The molecular formula is C9H17N5S. The van der Waals surface area contributed by atoms with Gasteiger partial charge in [0, 0.05) is 24.1 Å². The lowest BCUT2D eigenvalue weighted by atomic mass is 10.00. The topological polar surface area (TPSA) is 53.9 Å². The molecule has 1 saturated heterocycles. The van der Waals surface area contributed by atoms with Crippen LogP contribution in [0.5, 0.6) is 0 Å². The number of aromatic nitrogens is 3. The largest absolute Gasteiger partial charge is 0.342 e. The summed E-state index contributed by atoms with van der Waals surface area (Å²) in [5.41, 5.74) is 0. The van der Waals surface area contributed by atoms with Gasteiger partial charge in [0.05, 0.1) is 0 Å². The summed E-state index contributed by atoms with van der Waals surface area (Å²) in [6.07, 6.45) is 5.03. The van der Waals surface area contributed by atoms with Crippen molar-refractivity contribution >= 4 is 16.7 Å². The molecule has 1 unspecified atom stereocenters. The van der Waals surface area contributed by atoms with Gasteiger partial charge in [-0.2, -0.15) is 0 Å². The van der Waals surface area contributed by atoms with Crippen LogP contribution >= 0.6 is 11.5 Å². The molecule has 0 spiro atoms. The van der Waals surface area contributed by atoms with Crippen LogP contribution in [0.4, 0.5) is 5.13 Å². The van der Waals surface area contributed by atoms with Crippen LogP contribution in [0.15, 0.2) is 0 Å². The highest BCUT2D eigenvalue weighted by atomic mass is 32.1. The van der Waals surface area contributed by atoms with Crippen LogP contribution in [-0.2, 0) is 0 Å². The Morgan fingerprint density at radius 3 is 3.20 bits per heavy atom. The van der Waals surface area contributed by atoms with Gasteiger partial charge in [-0.15, -0.1) is 0 Å². The van der Waals surface area contributed by atoms with E-state index in [0.717, 1.165) is 18.2 Å². The van der Waals surface area contributed by atoms with Crippen LogP contribution in [0.25, 0.3) is 0 Å². The molecule has 1 N–H and O–H groups in total. The number of nitrogens with zero attached hydrogens (tertiary/aromatic N) is 4. The average Bonchev–Trinajstić information content (AvgIpc) is 2.80. The summed E-state index contributed by atoms with van der Waals surface area (Å²) < 4.78 is 3.84. The van der Waals surface area contributed by atoms with Gasteiger partial charge >= 0.3 is 0 Å². The first-order valence-corrected chi connectivity index (χ1v) is 6.25. The van der Waals surface area contributed by atoms with Gasteiger partial charge in [0.15, 0.2) is 0 Å². The molecule has 0 radical (unpaired) electrons. The zero-order chi connectivity index (χ0) is 10.5. The van der Waals surface area contributed by atoms with E-state index in [1.54, 1.807) is 0 Å². The van der Waals surface area contributed by atoms with E-state index in [1.807, 2.05) is 7.05 Å². The number of piperidine rings is 1. The fourth-order valence-corrected chi connectivity index (χ4v) is 2.67. The fraction of sp³-hybridized carbons (Fsp3) is 0.889. The molecule has 2 heterocycles. The third-order valence-corrected chi connectivity index (χ3v) is 3.52. The lowest BCUT2D eigenvalue weighted by Gasteiger charge is -2.34. The van der Waals surface area contributed by atoms with E-state index >= 15 is 0 Å². The predicted octanol–water partition coefficient (Wildman–Crippen LogP) is 0.901. The van der Waals surface area contributed by atoms with Crippen LogP contribution in [-0.4, -0.2) is 41.0 Å². The highest BCUT2D eigenvalue weighted by Crippen LogP contribution is 2.26. The van der Waals surface area contributed by atoms with Gasteiger partial charge < -0.3 is 10.2 Å². The van der Waals surface area contributed by atoms with Gasteiger partial charge in [-0.3, -0.25) is 0 Å². The summed E-state index contributed by atoms with van der Waals surface area (Å²) in [4.78, 5) is 2.37. The maximum Gasteiger partial charge on any atom is 0.228 e. The number of rotatable bonds is 4. The zero-order valence-corrected chi connectivity index (χ0v) is 9.83. The predicted molar refractivity (Wildman–Crippen MR) is 61.2 cm³/mol. The summed E-state index contributed by atoms with van der Waals surface area (Å²) in [5.74, 6) is 0. The number of hydrogen-bond acceptors (Lipinski definition) is 6. The molecule has 0 saturated carbocycles. The number of nitrogens with one attached hydrogen (secondary N) is 1. The van der Waals surface area contributed by atoms with Crippen LogP contribution < -0.4 is 10.2 Å². The summed E-state index contributed by atoms with van der Waals surface area (Å²) in [5, 5.41) is 11.9. The Labute approximate surface area is 94.0 Å². The molecule has 1 aromatic rings. The van der Waals surface area contributed by atoms with Crippen LogP contribution in [0.2, 0.25) is 0 Å². The van der Waals surface area contributed by atoms with Crippen molar-refractivity contribution in [1.82, 2.24) is 20.1 Å². The molecule has 0 amide bonds. The Kier molecular flexibility index (Phi) is 3.85. The summed E-state index contributed by atoms with van der Waals surface area (Å²) in [6.45, 7) is 2.17. The van der Waals surface area contributed by atoms with Crippen molar-refractivity contribution in [1.29, 1.82) is 0 Å². The minimum Gasteiger partial charge on any atom is -0.342 e. The first-order chi connectivity index (χ1) is 7.42. The quantitative estimate of drug-likeness (QED) is 0.828. The molecule has 0 bridgehead atoms. The van der Waals surface area contributed by atoms with Crippen LogP contribution in [0.3, 0.4) is 0 Å². The van der Waals surface area contributed by atoms with Gasteiger partial charge in [0.1, 0.15) is 0 Å². The number of anilines is 1. The second-order valence-electron chi connectivity index (χ2n) is 3.88. The molecule has 1 atom stereocenters. The van der Waals surface area contributed by atoms with Crippen molar-refractivity contribution in [2.45, 2.75) is 31.7 Å². The van der Waals surface area contributed by atoms with Gasteiger partial charge in [0.2, 0.25) is 5.13 Å². The van der Waals surface area contributed by atoms with E-state index in [2.05, 4.69) is 25.0 Å². The first-order valence-electron chi connectivity index (χ1n) is 5.48. The molecule has 84 valence electrons. The molecule has 1 fully saturated rings. The first kappa shape index (κ1) is 10.8. The maximum absolute atomic E-state index is 4.06. The summed E-state index contributed by atoms with van der Waals surface area (Å²) >= 11 is 1.40. The Hall–Kier alpha value is -0.750. The minimum absolute atomic E-state index is 0.612. The van der Waals surface area contributed by atoms with E-state index in [0.29, 0.717) is 6.04 Å². The van der Waals surface area contributed by atoms with E-state index in [1.165, 1.54) is 37.2 Å². The maximum atomic E-state index is 4.06. The van der Waals surface area contributed by atoms with Gasteiger partial charge in [-0.1, -0.05) is 9.59 Å². The molecule has 1 aliphatic rings. The smallest absolute Gasteiger partial charge is 0.228 e. The van der Waals surface area contributed by atoms with Gasteiger partial charge in [-0.25, -0.2) is 0 Å². The lowest BCUT2D eigenvalue weighted by Crippen LogP contribution is -2.41. The third kappa shape index (κ3) is 2.63. The standard InChI is InChI=1S/C9H17N5S/c1-10-6-5-8-4-2-3-7-14(8)9-11-12-13-15-9/h8,10H,2-7H2,1H3. The van der Waals surface area contributed by atoms with Crippen molar-refractivity contribution < 1.29 is 0 Å². The Morgan fingerprint density at radius 2 is 2.47 bits per heavy atom. The molecule has 6 heteroatoms. The van der Waals surface area contributed by atoms with Crippen molar-refractivity contribution in [2.75, 3.05) is 25.0 Å². The van der Waals surface area contributed by atoms with Crippen molar-refractivity contribution in [2.24, 2.45) is 0 Å². The minimum atomic E-state index is 0.612. The zero-order valence-electron chi connectivity index (χ0n) is 9.02. The fourth-order valence-electron chi connectivity index (χ4n) is 2.10. The van der Waals surface area contributed by atoms with Gasteiger partial charge in [0.25, 0.3) is 0 Å². The Balaban J connectivity index is 1.99. The molecule has 15 heavy (non-hydrogen) atoms. The average molecular weight is 227 g/mol. The lowest BCUT2D eigenvalue weighted by molar-refractivity contribution is 0.432. The van der Waals surface area contributed by atoms with Crippen molar-refractivity contribution in [3.05, 3.63) is 0 Å². The monoisotopic (exact) mass is 227 g/mol. The van der Waals surface area contributed by atoms with E-state index in [4.69, 9.17) is 0 Å². The van der Waals surface area contributed by atoms with Crippen LogP contribution in [0.1, 0.15) is 25.7 Å². The second kappa shape index (κ2) is 5.37. The molecule has 2 rings (SSSR count). The van der Waals surface area contributed by atoms with E-state index in [9.17, 15) is 0 Å². The SMILES string of the molecule is CNCCC1CCCCN1c1nnns1. The highest BCUT2D eigenvalue weighted by Gasteiger charge is 2.24. The Bertz CT molecular complexity index is 276. The molecule has 5 nitrogen and oxygen atoms in total.